The molecule has 0 aliphatic heterocycles. The molecule has 0 radical (unpaired) electrons. The van der Waals surface area contributed by atoms with E-state index in [0.29, 0.717) is 11.5 Å². The van der Waals surface area contributed by atoms with Crippen LogP contribution in [0.3, 0.4) is 0 Å². The Morgan fingerprint density at radius 2 is 2.12 bits per heavy atom. The molecular weight excluding hydrogens is 322 g/mol. The third-order valence-electron chi connectivity index (χ3n) is 3.56. The van der Waals surface area contributed by atoms with Crippen LogP contribution in [0.5, 0.6) is 0 Å². The number of anilines is 1. The van der Waals surface area contributed by atoms with Crippen molar-refractivity contribution in [1.29, 1.82) is 0 Å². The van der Waals surface area contributed by atoms with E-state index in [1.165, 1.54) is 5.56 Å². The van der Waals surface area contributed by atoms with Gasteiger partial charge < -0.3 is 9.72 Å². The molecule has 6 nitrogen and oxygen atoms in total. The van der Waals surface area contributed by atoms with Crippen molar-refractivity contribution in [2.75, 3.05) is 11.1 Å². The highest BCUT2D eigenvalue weighted by Gasteiger charge is 2.10. The number of aryl methyl sites for hydroxylation is 1. The maximum Gasteiger partial charge on any atom is 0.235 e. The van der Waals surface area contributed by atoms with Crippen molar-refractivity contribution in [2.45, 2.75) is 32.6 Å². The summed E-state index contributed by atoms with van der Waals surface area (Å²) in [5.41, 5.74) is 3.10. The van der Waals surface area contributed by atoms with Crippen LogP contribution in [0, 0.1) is 6.92 Å². The van der Waals surface area contributed by atoms with Crippen LogP contribution >= 0.6 is 11.8 Å². The molecule has 1 amide bonds. The van der Waals surface area contributed by atoms with Crippen LogP contribution in [0.15, 0.2) is 36.8 Å². The lowest BCUT2D eigenvalue weighted by Crippen LogP contribution is -2.18. The highest BCUT2D eigenvalue weighted by molar-refractivity contribution is 7.99. The molecule has 3 aromatic heterocycles. The van der Waals surface area contributed by atoms with Crippen LogP contribution < -0.4 is 5.32 Å². The largest absolute Gasteiger partial charge is 0.310 e. The predicted octanol–water partition coefficient (Wildman–Crippen LogP) is 3.29. The van der Waals surface area contributed by atoms with Crippen LogP contribution in [0.2, 0.25) is 0 Å². The van der Waals surface area contributed by atoms with Crippen LogP contribution in [0.4, 0.5) is 5.82 Å². The van der Waals surface area contributed by atoms with E-state index < -0.39 is 0 Å². The SMILES string of the molecule is Cc1ccc2nc(CSCC(=O)Nc3ccnn3C(C)C)cn2c1. The first-order chi connectivity index (χ1) is 11.5. The van der Waals surface area contributed by atoms with E-state index in [4.69, 9.17) is 0 Å². The summed E-state index contributed by atoms with van der Waals surface area (Å²) in [5.74, 6) is 1.80. The summed E-state index contributed by atoms with van der Waals surface area (Å²) >= 11 is 1.55. The number of carbonyl (C=O) groups is 1. The topological polar surface area (TPSA) is 64.2 Å². The van der Waals surface area contributed by atoms with Crippen molar-refractivity contribution in [3.63, 3.8) is 0 Å². The van der Waals surface area contributed by atoms with Crippen molar-refractivity contribution in [1.82, 2.24) is 19.2 Å². The summed E-state index contributed by atoms with van der Waals surface area (Å²) in [6.07, 6.45) is 5.76. The molecule has 0 atom stereocenters. The molecule has 126 valence electrons. The number of amides is 1. The first-order valence-electron chi connectivity index (χ1n) is 7.88. The number of hydrogen-bond acceptors (Lipinski definition) is 4. The molecule has 0 saturated carbocycles. The van der Waals surface area contributed by atoms with Crippen LogP contribution in [0.25, 0.3) is 5.65 Å². The standard InChI is InChI=1S/C17H21N5OS/c1-12(2)22-16(6-7-18-22)20-17(23)11-24-10-14-9-21-8-13(3)4-5-15(21)19-14/h4-9,12H,10-11H2,1-3H3,(H,20,23). The highest BCUT2D eigenvalue weighted by Crippen LogP contribution is 2.16. The Bertz CT molecular complexity index is 852. The molecule has 0 saturated heterocycles. The lowest BCUT2D eigenvalue weighted by atomic mass is 10.3. The van der Waals surface area contributed by atoms with E-state index in [1.807, 2.05) is 42.6 Å². The average molecular weight is 343 g/mol. The molecule has 0 aromatic carbocycles. The van der Waals surface area contributed by atoms with E-state index in [-0.39, 0.29) is 11.9 Å². The van der Waals surface area contributed by atoms with Gasteiger partial charge >= 0.3 is 0 Å². The van der Waals surface area contributed by atoms with Gasteiger partial charge in [-0.05, 0) is 32.4 Å². The van der Waals surface area contributed by atoms with Crippen molar-refractivity contribution >= 4 is 29.1 Å². The number of nitrogens with one attached hydrogen (secondary N) is 1. The second-order valence-corrected chi connectivity index (χ2v) is 6.99. The Hall–Kier alpha value is -2.28. The Kier molecular flexibility index (Phi) is 4.89. The number of aromatic nitrogens is 4. The van der Waals surface area contributed by atoms with Crippen LogP contribution in [-0.2, 0) is 10.5 Å². The van der Waals surface area contributed by atoms with Gasteiger partial charge in [-0.25, -0.2) is 9.67 Å². The molecule has 3 aromatic rings. The number of hydrogen-bond donors (Lipinski definition) is 1. The molecule has 0 aliphatic rings. The van der Waals surface area contributed by atoms with Crippen LogP contribution in [0.1, 0.15) is 31.1 Å². The average Bonchev–Trinajstić information content (AvgIpc) is 3.13. The lowest BCUT2D eigenvalue weighted by Gasteiger charge is -2.11. The number of pyridine rings is 1. The van der Waals surface area contributed by atoms with Crippen molar-refractivity contribution in [2.24, 2.45) is 0 Å². The van der Waals surface area contributed by atoms with Crippen molar-refractivity contribution in [3.8, 4) is 0 Å². The summed E-state index contributed by atoms with van der Waals surface area (Å²) in [6.45, 7) is 6.12. The molecule has 0 spiro atoms. The van der Waals surface area contributed by atoms with E-state index >= 15 is 0 Å². The van der Waals surface area contributed by atoms with E-state index in [0.717, 1.165) is 17.2 Å². The first kappa shape index (κ1) is 16.6. The predicted molar refractivity (Wildman–Crippen MR) is 97.3 cm³/mol. The van der Waals surface area contributed by atoms with Gasteiger partial charge in [0.1, 0.15) is 11.5 Å². The van der Waals surface area contributed by atoms with Gasteiger partial charge in [0.15, 0.2) is 0 Å². The van der Waals surface area contributed by atoms with E-state index in [9.17, 15) is 4.79 Å². The molecule has 24 heavy (non-hydrogen) atoms. The minimum atomic E-state index is -0.0259. The van der Waals surface area contributed by atoms with Gasteiger partial charge in [-0.15, -0.1) is 11.8 Å². The molecule has 0 bridgehead atoms. The Labute approximate surface area is 145 Å². The van der Waals surface area contributed by atoms with Crippen molar-refractivity contribution < 1.29 is 4.79 Å². The minimum absolute atomic E-state index is 0.0259. The van der Waals surface area contributed by atoms with Crippen LogP contribution in [-0.4, -0.2) is 30.8 Å². The number of imidazole rings is 1. The molecule has 1 N–H and O–H groups in total. The molecular formula is C17H21N5OS. The first-order valence-corrected chi connectivity index (χ1v) is 9.04. The highest BCUT2D eigenvalue weighted by atomic mass is 32.2. The van der Waals surface area contributed by atoms with Gasteiger partial charge in [0.2, 0.25) is 5.91 Å². The lowest BCUT2D eigenvalue weighted by molar-refractivity contribution is -0.113. The molecule has 0 aliphatic carbocycles. The Morgan fingerprint density at radius 3 is 2.92 bits per heavy atom. The third kappa shape index (κ3) is 3.79. The summed E-state index contributed by atoms with van der Waals surface area (Å²) in [7, 11) is 0. The second kappa shape index (κ2) is 7.09. The fraction of sp³-hybridized carbons (Fsp3) is 0.353. The van der Waals surface area contributed by atoms with Crippen molar-refractivity contribution in [3.05, 3.63) is 48.0 Å². The maximum atomic E-state index is 12.1. The smallest absolute Gasteiger partial charge is 0.235 e. The Balaban J connectivity index is 1.53. The molecule has 3 heterocycles. The third-order valence-corrected chi connectivity index (χ3v) is 4.53. The van der Waals surface area contributed by atoms with E-state index in [2.05, 4.69) is 28.5 Å². The summed E-state index contributed by atoms with van der Waals surface area (Å²) in [4.78, 5) is 16.7. The summed E-state index contributed by atoms with van der Waals surface area (Å²) in [6, 6.07) is 6.07. The number of fused-ring (bicyclic) bond motifs is 1. The summed E-state index contributed by atoms with van der Waals surface area (Å²) in [5, 5.41) is 7.12. The Morgan fingerprint density at radius 1 is 1.29 bits per heavy atom. The zero-order valence-corrected chi connectivity index (χ0v) is 14.9. The van der Waals surface area contributed by atoms with E-state index in [1.54, 1.807) is 22.6 Å². The fourth-order valence-corrected chi connectivity index (χ4v) is 3.18. The number of carbonyl (C=O) groups excluding carboxylic acids is 1. The monoisotopic (exact) mass is 343 g/mol. The van der Waals surface area contributed by atoms with Gasteiger partial charge in [-0.2, -0.15) is 5.10 Å². The zero-order valence-electron chi connectivity index (χ0n) is 14.1. The van der Waals surface area contributed by atoms with Gasteiger partial charge in [-0.3, -0.25) is 4.79 Å². The summed E-state index contributed by atoms with van der Waals surface area (Å²) < 4.78 is 3.82. The molecule has 0 unspecified atom stereocenters. The van der Waals surface area contributed by atoms with Gasteiger partial charge in [0, 0.05) is 30.3 Å². The fourth-order valence-electron chi connectivity index (χ4n) is 2.48. The minimum Gasteiger partial charge on any atom is -0.310 e. The second-order valence-electron chi connectivity index (χ2n) is 6.00. The molecule has 7 heteroatoms. The zero-order chi connectivity index (χ0) is 17.1. The van der Waals surface area contributed by atoms with Gasteiger partial charge in [-0.1, -0.05) is 6.07 Å². The molecule has 3 rings (SSSR count). The maximum absolute atomic E-state index is 12.1. The number of thioether (sulfide) groups is 1. The van der Waals surface area contributed by atoms with Gasteiger partial charge in [0.05, 0.1) is 17.6 Å². The van der Waals surface area contributed by atoms with Gasteiger partial charge in [0.25, 0.3) is 0 Å². The quantitative estimate of drug-likeness (QED) is 0.746. The normalized spacial score (nSPS) is 11.3. The molecule has 0 fully saturated rings. The number of rotatable bonds is 6. The number of nitrogens with zero attached hydrogens (tertiary/aromatic N) is 4.